The minimum absolute atomic E-state index is 0.0324. The first-order valence-electron chi connectivity index (χ1n) is 16.2. The summed E-state index contributed by atoms with van der Waals surface area (Å²) in [6, 6.07) is 35.4. The third-order valence-corrected chi connectivity index (χ3v) is 9.06. The predicted molar refractivity (Wildman–Crippen MR) is 183 cm³/mol. The van der Waals surface area contributed by atoms with Gasteiger partial charge in [-0.25, -0.2) is 9.80 Å². The van der Waals surface area contributed by atoms with Crippen molar-refractivity contribution in [2.75, 3.05) is 26.2 Å². The number of nitrogens with one attached hydrogen (secondary N) is 1. The first kappa shape index (κ1) is 32.4. The van der Waals surface area contributed by atoms with Gasteiger partial charge in [0.15, 0.2) is 0 Å². The van der Waals surface area contributed by atoms with Crippen molar-refractivity contribution in [3.63, 3.8) is 0 Å². The van der Waals surface area contributed by atoms with Crippen LogP contribution in [0.3, 0.4) is 0 Å². The molecular formula is C39H39N5O4. The van der Waals surface area contributed by atoms with Gasteiger partial charge >= 0.3 is 6.03 Å². The van der Waals surface area contributed by atoms with Crippen molar-refractivity contribution in [1.82, 2.24) is 25.1 Å². The van der Waals surface area contributed by atoms with Crippen molar-refractivity contribution >= 4 is 17.8 Å². The van der Waals surface area contributed by atoms with E-state index in [0.717, 1.165) is 22.3 Å². The zero-order valence-corrected chi connectivity index (χ0v) is 26.7. The lowest BCUT2D eigenvalue weighted by molar-refractivity contribution is -0.188. The van der Waals surface area contributed by atoms with Crippen LogP contribution in [-0.4, -0.2) is 81.2 Å². The van der Waals surface area contributed by atoms with Crippen molar-refractivity contribution in [1.29, 1.82) is 0 Å². The highest BCUT2D eigenvalue weighted by atomic mass is 16.3. The second kappa shape index (κ2) is 14.9. The van der Waals surface area contributed by atoms with Gasteiger partial charge in [0.25, 0.3) is 0 Å². The van der Waals surface area contributed by atoms with Crippen LogP contribution in [0.5, 0.6) is 5.75 Å². The standard InChI is InChI=1S/C39H39N5O4/c1-2-23-42-28-37(46)43-35(25-29-18-20-33(45)21-19-29)38(47)41(27-36(43)44(42)39(48)40-26-30-12-6-3-7-13-30)24-22-34(31-14-8-4-9-15-31)32-16-10-5-11-17-32/h1,3-21,34-36,45H,22-28H2,(H,40,48)/t35-,36-/m0/s1. The normalized spacial score (nSPS) is 18.0. The molecule has 2 heterocycles. The van der Waals surface area contributed by atoms with E-state index in [1.165, 1.54) is 5.01 Å². The van der Waals surface area contributed by atoms with E-state index >= 15 is 0 Å². The number of piperazine rings is 1. The van der Waals surface area contributed by atoms with Gasteiger partial charge in [-0.05, 0) is 40.8 Å². The number of phenolic OH excluding ortho intramolecular Hbond substituents is 1. The van der Waals surface area contributed by atoms with Gasteiger partial charge in [0.05, 0.1) is 19.6 Å². The number of fused-ring (bicyclic) bond motifs is 1. The minimum Gasteiger partial charge on any atom is -0.508 e. The van der Waals surface area contributed by atoms with E-state index < -0.39 is 18.2 Å². The summed E-state index contributed by atoms with van der Waals surface area (Å²) in [5, 5.41) is 16.0. The van der Waals surface area contributed by atoms with Crippen LogP contribution in [0.15, 0.2) is 115 Å². The van der Waals surface area contributed by atoms with Crippen LogP contribution in [0.1, 0.15) is 34.6 Å². The second-order valence-electron chi connectivity index (χ2n) is 12.1. The van der Waals surface area contributed by atoms with Crippen LogP contribution in [0.2, 0.25) is 0 Å². The second-order valence-corrected chi connectivity index (χ2v) is 12.1. The van der Waals surface area contributed by atoms with E-state index in [9.17, 15) is 19.5 Å². The van der Waals surface area contributed by atoms with E-state index in [4.69, 9.17) is 6.42 Å². The van der Waals surface area contributed by atoms with Crippen molar-refractivity contribution in [2.24, 2.45) is 0 Å². The number of amides is 4. The highest BCUT2D eigenvalue weighted by molar-refractivity contribution is 5.91. The summed E-state index contributed by atoms with van der Waals surface area (Å²) in [4.78, 5) is 45.6. The molecule has 2 N–H and O–H groups in total. The summed E-state index contributed by atoms with van der Waals surface area (Å²) < 4.78 is 0. The molecule has 244 valence electrons. The molecule has 2 saturated heterocycles. The number of terminal acetylenes is 1. The van der Waals surface area contributed by atoms with E-state index in [1.54, 1.807) is 39.1 Å². The molecule has 0 radical (unpaired) electrons. The fourth-order valence-corrected chi connectivity index (χ4v) is 6.73. The molecule has 2 fully saturated rings. The maximum atomic E-state index is 14.4. The molecular weight excluding hydrogens is 602 g/mol. The zero-order valence-electron chi connectivity index (χ0n) is 26.7. The molecule has 4 aromatic carbocycles. The molecule has 48 heavy (non-hydrogen) atoms. The molecule has 9 nitrogen and oxygen atoms in total. The van der Waals surface area contributed by atoms with E-state index in [-0.39, 0.29) is 56.1 Å². The van der Waals surface area contributed by atoms with Gasteiger partial charge in [-0.3, -0.25) is 9.59 Å². The predicted octanol–water partition coefficient (Wildman–Crippen LogP) is 4.60. The molecule has 0 aromatic heterocycles. The Morgan fingerprint density at radius 3 is 2.06 bits per heavy atom. The minimum atomic E-state index is -0.856. The Morgan fingerprint density at radius 2 is 1.46 bits per heavy atom. The molecule has 4 aromatic rings. The van der Waals surface area contributed by atoms with Gasteiger partial charge in [0.2, 0.25) is 11.8 Å². The molecule has 2 aliphatic rings. The summed E-state index contributed by atoms with van der Waals surface area (Å²) in [5.74, 6) is 2.29. The third kappa shape index (κ3) is 7.19. The number of aromatic hydroxyl groups is 1. The Kier molecular flexibility index (Phi) is 10.0. The van der Waals surface area contributed by atoms with Gasteiger partial charge in [0.1, 0.15) is 18.0 Å². The maximum Gasteiger partial charge on any atom is 0.334 e. The lowest BCUT2D eigenvalue weighted by atomic mass is 9.88. The SMILES string of the molecule is C#CCN1CC(=O)N2[C@@H](Cc3ccc(O)cc3)C(=O)N(CCC(c3ccccc3)c3ccccc3)C[C@@H]2N1C(=O)NCc1ccccc1. The topological polar surface area (TPSA) is 96.4 Å². The van der Waals surface area contributed by atoms with Crippen LogP contribution in [0.25, 0.3) is 0 Å². The fraction of sp³-hybridized carbons (Fsp3) is 0.256. The van der Waals surface area contributed by atoms with Gasteiger partial charge in [-0.15, -0.1) is 6.42 Å². The van der Waals surface area contributed by atoms with Crippen molar-refractivity contribution in [3.8, 4) is 18.1 Å². The number of carbonyl (C=O) groups is 3. The Bertz CT molecular complexity index is 1700. The Balaban J connectivity index is 1.33. The third-order valence-electron chi connectivity index (χ3n) is 9.06. The van der Waals surface area contributed by atoms with Crippen molar-refractivity contribution in [3.05, 3.63) is 138 Å². The molecule has 4 amide bonds. The molecule has 6 rings (SSSR count). The summed E-state index contributed by atoms with van der Waals surface area (Å²) in [7, 11) is 0. The highest BCUT2D eigenvalue weighted by Crippen LogP contribution is 2.32. The Labute approximate surface area is 281 Å². The molecule has 0 spiro atoms. The zero-order chi connectivity index (χ0) is 33.5. The number of hydrogen-bond acceptors (Lipinski definition) is 5. The average Bonchev–Trinajstić information content (AvgIpc) is 3.11. The number of nitrogens with zero attached hydrogens (tertiary/aromatic N) is 4. The lowest BCUT2D eigenvalue weighted by Gasteiger charge is -2.55. The largest absolute Gasteiger partial charge is 0.508 e. The van der Waals surface area contributed by atoms with E-state index in [2.05, 4.69) is 35.5 Å². The Hall–Kier alpha value is -5.59. The number of carbonyl (C=O) groups excluding carboxylic acids is 3. The number of phenols is 1. The fourth-order valence-electron chi connectivity index (χ4n) is 6.73. The number of urea groups is 1. The van der Waals surface area contributed by atoms with Crippen LogP contribution in [0.4, 0.5) is 4.79 Å². The molecule has 0 saturated carbocycles. The van der Waals surface area contributed by atoms with E-state index in [0.29, 0.717) is 13.0 Å². The molecule has 0 unspecified atom stereocenters. The summed E-state index contributed by atoms with van der Waals surface area (Å²) in [5.41, 5.74) is 4.01. The first-order valence-corrected chi connectivity index (χ1v) is 16.2. The van der Waals surface area contributed by atoms with Gasteiger partial charge in [-0.1, -0.05) is 109 Å². The van der Waals surface area contributed by atoms with Crippen LogP contribution in [0, 0.1) is 12.3 Å². The molecule has 0 bridgehead atoms. The molecule has 2 atom stereocenters. The Morgan fingerprint density at radius 1 is 0.854 bits per heavy atom. The smallest absolute Gasteiger partial charge is 0.334 e. The average molecular weight is 642 g/mol. The van der Waals surface area contributed by atoms with Crippen LogP contribution >= 0.6 is 0 Å². The molecule has 2 aliphatic heterocycles. The number of hydrogen-bond donors (Lipinski definition) is 2. The molecule has 0 aliphatic carbocycles. The number of benzene rings is 4. The van der Waals surface area contributed by atoms with Crippen LogP contribution < -0.4 is 5.32 Å². The number of rotatable bonds is 10. The summed E-state index contributed by atoms with van der Waals surface area (Å²) in [6.07, 6.45) is 5.82. The quantitative estimate of drug-likeness (QED) is 0.247. The number of hydrazine groups is 1. The van der Waals surface area contributed by atoms with Crippen molar-refractivity contribution < 1.29 is 19.5 Å². The van der Waals surface area contributed by atoms with Gasteiger partial charge in [0, 0.05) is 25.4 Å². The summed E-state index contributed by atoms with van der Waals surface area (Å²) >= 11 is 0. The van der Waals surface area contributed by atoms with Crippen molar-refractivity contribution in [2.45, 2.75) is 37.5 Å². The lowest BCUT2D eigenvalue weighted by Crippen LogP contribution is -2.76. The first-order chi connectivity index (χ1) is 23.4. The highest BCUT2D eigenvalue weighted by Gasteiger charge is 2.51. The monoisotopic (exact) mass is 641 g/mol. The van der Waals surface area contributed by atoms with Gasteiger partial charge < -0.3 is 20.2 Å². The van der Waals surface area contributed by atoms with Gasteiger partial charge in [-0.2, -0.15) is 5.01 Å². The maximum absolute atomic E-state index is 14.4. The summed E-state index contributed by atoms with van der Waals surface area (Å²) in [6.45, 7) is 0.744. The van der Waals surface area contributed by atoms with E-state index in [1.807, 2.05) is 66.7 Å². The molecule has 9 heteroatoms. The van der Waals surface area contributed by atoms with Crippen LogP contribution in [-0.2, 0) is 22.6 Å².